The van der Waals surface area contributed by atoms with Crippen LogP contribution in [0.4, 0.5) is 5.13 Å². The number of thioether (sulfide) groups is 1. The van der Waals surface area contributed by atoms with E-state index in [9.17, 15) is 4.79 Å². The fourth-order valence-corrected chi connectivity index (χ4v) is 4.65. The summed E-state index contributed by atoms with van der Waals surface area (Å²) < 4.78 is 12.3. The molecule has 1 atom stereocenters. The third kappa shape index (κ3) is 6.50. The van der Waals surface area contributed by atoms with E-state index in [1.165, 1.54) is 23.1 Å². The second-order valence-electron chi connectivity index (χ2n) is 7.49. The van der Waals surface area contributed by atoms with Crippen LogP contribution in [0.3, 0.4) is 0 Å². The number of fused-ring (bicyclic) bond motifs is 1. The first-order valence-corrected chi connectivity index (χ1v) is 12.3. The number of unbranched alkanes of at least 4 members (excludes halogenated alkanes) is 1. The van der Waals surface area contributed by atoms with Crippen molar-refractivity contribution in [2.75, 3.05) is 30.8 Å². The molecule has 0 aliphatic carbocycles. The van der Waals surface area contributed by atoms with Crippen molar-refractivity contribution >= 4 is 34.1 Å². The molecule has 0 saturated carbocycles. The minimum absolute atomic E-state index is 0.0264. The van der Waals surface area contributed by atoms with E-state index in [0.29, 0.717) is 19.0 Å². The normalized spacial score (nSPS) is 14.3. The van der Waals surface area contributed by atoms with Gasteiger partial charge in [-0.2, -0.15) is 0 Å². The van der Waals surface area contributed by atoms with E-state index in [-0.39, 0.29) is 17.9 Å². The first-order valence-electron chi connectivity index (χ1n) is 10.5. The molecule has 1 amide bonds. The van der Waals surface area contributed by atoms with E-state index in [1.807, 2.05) is 18.2 Å². The Morgan fingerprint density at radius 3 is 2.80 bits per heavy atom. The molecular weight excluding hydrogens is 420 g/mol. The Balaban J connectivity index is 1.56. The topological polar surface area (TPSA) is 85.4 Å². The fourth-order valence-electron chi connectivity index (χ4n) is 3.06. The van der Waals surface area contributed by atoms with Crippen LogP contribution in [-0.4, -0.2) is 41.6 Å². The average molecular weight is 451 g/mol. The highest BCUT2D eigenvalue weighted by molar-refractivity contribution is 8.01. The highest BCUT2D eigenvalue weighted by Gasteiger charge is 2.21. The van der Waals surface area contributed by atoms with Gasteiger partial charge in [-0.25, -0.2) is 0 Å². The lowest BCUT2D eigenvalue weighted by Gasteiger charge is -2.23. The van der Waals surface area contributed by atoms with E-state index in [4.69, 9.17) is 9.47 Å². The summed E-state index contributed by atoms with van der Waals surface area (Å²) >= 11 is 2.89. The van der Waals surface area contributed by atoms with E-state index < -0.39 is 0 Å². The molecule has 2 aromatic rings. The Labute approximate surface area is 186 Å². The first-order chi connectivity index (χ1) is 14.6. The first kappa shape index (κ1) is 22.7. The lowest BCUT2D eigenvalue weighted by Crippen LogP contribution is -2.33. The predicted molar refractivity (Wildman–Crippen MR) is 122 cm³/mol. The van der Waals surface area contributed by atoms with Gasteiger partial charge >= 0.3 is 0 Å². The zero-order valence-electron chi connectivity index (χ0n) is 17.8. The molecule has 7 nitrogen and oxygen atoms in total. The number of carbonyl (C=O) groups excluding carboxylic acids is 1. The molecule has 1 aromatic heterocycles. The maximum atomic E-state index is 12.6. The Bertz CT molecular complexity index is 828. The van der Waals surface area contributed by atoms with Crippen LogP contribution in [0.15, 0.2) is 22.5 Å². The van der Waals surface area contributed by atoms with Crippen molar-refractivity contribution in [3.63, 3.8) is 0 Å². The molecule has 0 saturated heterocycles. The summed E-state index contributed by atoms with van der Waals surface area (Å²) in [7, 11) is 0. The number of anilines is 1. The molecule has 0 fully saturated rings. The highest BCUT2D eigenvalue weighted by atomic mass is 32.2. The lowest BCUT2D eigenvalue weighted by molar-refractivity contribution is -0.119. The summed E-state index contributed by atoms with van der Waals surface area (Å²) in [4.78, 5) is 12.6. The van der Waals surface area contributed by atoms with Crippen molar-refractivity contribution < 1.29 is 14.3 Å². The summed E-state index contributed by atoms with van der Waals surface area (Å²) in [5.41, 5.74) is 1.02. The highest BCUT2D eigenvalue weighted by Crippen LogP contribution is 2.34. The number of nitrogens with zero attached hydrogens (tertiary/aromatic N) is 2. The third-order valence-corrected chi connectivity index (χ3v) is 6.67. The molecule has 1 aliphatic rings. The zero-order chi connectivity index (χ0) is 21.3. The SMILES string of the molecule is CCCCNc1nnc(SCC(=O)NC(c2ccc3c(c2)OCCCO3)C(C)C)s1. The largest absolute Gasteiger partial charge is 0.490 e. The maximum Gasteiger partial charge on any atom is 0.230 e. The second-order valence-corrected chi connectivity index (χ2v) is 9.69. The Hall–Kier alpha value is -2.00. The summed E-state index contributed by atoms with van der Waals surface area (Å²) in [6, 6.07) is 5.82. The van der Waals surface area contributed by atoms with Gasteiger partial charge in [0.05, 0.1) is 25.0 Å². The molecule has 30 heavy (non-hydrogen) atoms. The van der Waals surface area contributed by atoms with Gasteiger partial charge < -0.3 is 20.1 Å². The fraction of sp³-hybridized carbons (Fsp3) is 0.571. The molecule has 0 bridgehead atoms. The van der Waals surface area contributed by atoms with Gasteiger partial charge in [-0.15, -0.1) is 10.2 Å². The molecule has 1 aromatic carbocycles. The van der Waals surface area contributed by atoms with Gasteiger partial charge in [0.2, 0.25) is 11.0 Å². The van der Waals surface area contributed by atoms with Crippen LogP contribution in [0.1, 0.15) is 51.6 Å². The smallest absolute Gasteiger partial charge is 0.230 e. The second kappa shape index (κ2) is 11.4. The number of aromatic nitrogens is 2. The number of carbonyl (C=O) groups is 1. The molecule has 2 heterocycles. The van der Waals surface area contributed by atoms with E-state index in [0.717, 1.165) is 52.3 Å². The van der Waals surface area contributed by atoms with E-state index >= 15 is 0 Å². The van der Waals surface area contributed by atoms with Crippen LogP contribution < -0.4 is 20.1 Å². The molecule has 0 radical (unpaired) electrons. The van der Waals surface area contributed by atoms with Gasteiger partial charge in [0, 0.05) is 13.0 Å². The number of hydrogen-bond donors (Lipinski definition) is 2. The van der Waals surface area contributed by atoms with Crippen LogP contribution in [0, 0.1) is 5.92 Å². The molecule has 164 valence electrons. The van der Waals surface area contributed by atoms with Crippen molar-refractivity contribution in [2.24, 2.45) is 5.92 Å². The Morgan fingerprint density at radius 2 is 2.03 bits per heavy atom. The number of rotatable bonds is 10. The number of benzene rings is 1. The number of nitrogens with one attached hydrogen (secondary N) is 2. The standard InChI is InChI=1S/C21H30N4O3S2/c1-4-5-9-22-20-24-25-21(30-20)29-13-18(26)23-19(14(2)3)15-7-8-16-17(12-15)28-11-6-10-27-16/h7-8,12,14,19H,4-6,9-11,13H2,1-3H3,(H,22,24)(H,23,26). The van der Waals surface area contributed by atoms with Crippen molar-refractivity contribution in [1.82, 2.24) is 15.5 Å². The number of ether oxygens (including phenoxy) is 2. The van der Waals surface area contributed by atoms with Gasteiger partial charge in [-0.1, -0.05) is 56.4 Å². The van der Waals surface area contributed by atoms with E-state index in [2.05, 4.69) is 41.6 Å². The summed E-state index contributed by atoms with van der Waals surface area (Å²) in [5.74, 6) is 2.02. The maximum absolute atomic E-state index is 12.6. The van der Waals surface area contributed by atoms with Crippen LogP contribution in [-0.2, 0) is 4.79 Å². The third-order valence-electron chi connectivity index (χ3n) is 4.65. The van der Waals surface area contributed by atoms with Crippen LogP contribution in [0.2, 0.25) is 0 Å². The van der Waals surface area contributed by atoms with Gasteiger partial charge in [0.25, 0.3) is 0 Å². The molecule has 2 N–H and O–H groups in total. The minimum Gasteiger partial charge on any atom is -0.490 e. The molecule has 0 spiro atoms. The molecular formula is C21H30N4O3S2. The molecule has 1 unspecified atom stereocenters. The molecule has 9 heteroatoms. The number of hydrogen-bond acceptors (Lipinski definition) is 8. The predicted octanol–water partition coefficient (Wildman–Crippen LogP) is 4.52. The van der Waals surface area contributed by atoms with E-state index in [1.54, 1.807) is 0 Å². The summed E-state index contributed by atoms with van der Waals surface area (Å²) in [5, 5.41) is 15.5. The number of amides is 1. The Kier molecular flexibility index (Phi) is 8.62. The summed E-state index contributed by atoms with van der Waals surface area (Å²) in [6.07, 6.45) is 3.10. The minimum atomic E-state index is -0.101. The Morgan fingerprint density at radius 1 is 1.23 bits per heavy atom. The van der Waals surface area contributed by atoms with Crippen LogP contribution in [0.25, 0.3) is 0 Å². The molecule has 1 aliphatic heterocycles. The quantitative estimate of drug-likeness (QED) is 0.407. The monoisotopic (exact) mass is 450 g/mol. The van der Waals surface area contributed by atoms with Crippen LogP contribution in [0.5, 0.6) is 11.5 Å². The van der Waals surface area contributed by atoms with Crippen molar-refractivity contribution in [3.05, 3.63) is 23.8 Å². The zero-order valence-corrected chi connectivity index (χ0v) is 19.4. The van der Waals surface area contributed by atoms with Crippen LogP contribution >= 0.6 is 23.1 Å². The van der Waals surface area contributed by atoms with Crippen molar-refractivity contribution in [2.45, 2.75) is 50.4 Å². The van der Waals surface area contributed by atoms with Crippen molar-refractivity contribution in [1.29, 1.82) is 0 Å². The van der Waals surface area contributed by atoms with Gasteiger partial charge in [0.15, 0.2) is 15.8 Å². The van der Waals surface area contributed by atoms with Gasteiger partial charge in [0.1, 0.15) is 0 Å². The molecule has 3 rings (SSSR count). The average Bonchev–Trinajstić information content (AvgIpc) is 3.05. The summed E-state index contributed by atoms with van der Waals surface area (Å²) in [6.45, 7) is 8.54. The van der Waals surface area contributed by atoms with Gasteiger partial charge in [-0.3, -0.25) is 4.79 Å². The van der Waals surface area contributed by atoms with Gasteiger partial charge in [-0.05, 0) is 30.0 Å². The van der Waals surface area contributed by atoms with Crippen molar-refractivity contribution in [3.8, 4) is 11.5 Å². The lowest BCUT2D eigenvalue weighted by atomic mass is 9.95.